The summed E-state index contributed by atoms with van der Waals surface area (Å²) in [6.07, 6.45) is 0.424. The Kier molecular flexibility index (Phi) is 6.73. The Balaban J connectivity index is 2.36. The summed E-state index contributed by atoms with van der Waals surface area (Å²) < 4.78 is 5.03. The molecule has 20 heavy (non-hydrogen) atoms. The van der Waals surface area contributed by atoms with Gasteiger partial charge >= 0.3 is 0 Å². The number of hydrogen-bond acceptors (Lipinski definition) is 4. The van der Waals surface area contributed by atoms with E-state index in [1.165, 1.54) is 0 Å². The second-order valence-electron chi connectivity index (χ2n) is 4.65. The predicted molar refractivity (Wildman–Crippen MR) is 78.1 cm³/mol. The van der Waals surface area contributed by atoms with Crippen LogP contribution in [0.15, 0.2) is 24.3 Å². The van der Waals surface area contributed by atoms with Crippen LogP contribution in [-0.4, -0.2) is 38.4 Å². The van der Waals surface area contributed by atoms with Gasteiger partial charge in [0, 0.05) is 31.0 Å². The van der Waals surface area contributed by atoms with Crippen molar-refractivity contribution in [1.82, 2.24) is 10.6 Å². The zero-order chi connectivity index (χ0) is 15.0. The van der Waals surface area contributed by atoms with Crippen LogP contribution in [0.5, 0.6) is 5.75 Å². The molecule has 0 fully saturated rings. The molecule has 5 heteroatoms. The fourth-order valence-electron chi connectivity index (χ4n) is 1.61. The van der Waals surface area contributed by atoms with Gasteiger partial charge in [0.1, 0.15) is 5.75 Å². The second kappa shape index (κ2) is 8.32. The summed E-state index contributed by atoms with van der Waals surface area (Å²) in [4.78, 5) is 23.5. The zero-order valence-corrected chi connectivity index (χ0v) is 12.2. The van der Waals surface area contributed by atoms with Crippen molar-refractivity contribution in [3.05, 3.63) is 29.8 Å². The maximum absolute atomic E-state index is 11.9. The van der Waals surface area contributed by atoms with Gasteiger partial charge < -0.3 is 15.4 Å². The fraction of sp³-hybridized carbons (Fsp3) is 0.467. The molecule has 0 saturated heterocycles. The molecule has 110 valence electrons. The molecular formula is C15H22N2O3. The molecule has 0 aliphatic heterocycles. The molecule has 1 unspecified atom stereocenters. The van der Waals surface area contributed by atoms with Crippen LogP contribution < -0.4 is 15.4 Å². The van der Waals surface area contributed by atoms with Crippen LogP contribution in [0.4, 0.5) is 0 Å². The molecule has 0 heterocycles. The number of ketones is 1. The minimum absolute atomic E-state index is 0.0375. The van der Waals surface area contributed by atoms with Gasteiger partial charge in [0.25, 0.3) is 0 Å². The van der Waals surface area contributed by atoms with E-state index in [4.69, 9.17) is 4.74 Å². The number of methoxy groups -OCH3 is 1. The van der Waals surface area contributed by atoms with Crippen molar-refractivity contribution >= 4 is 11.7 Å². The Labute approximate surface area is 119 Å². The van der Waals surface area contributed by atoms with Crippen molar-refractivity contribution in [2.24, 2.45) is 0 Å². The molecular weight excluding hydrogens is 256 g/mol. The summed E-state index contributed by atoms with van der Waals surface area (Å²) in [6, 6.07) is 7.12. The van der Waals surface area contributed by atoms with Crippen molar-refractivity contribution in [3.63, 3.8) is 0 Å². The maximum atomic E-state index is 11.9. The van der Waals surface area contributed by atoms with Gasteiger partial charge in [-0.3, -0.25) is 9.59 Å². The van der Waals surface area contributed by atoms with Crippen LogP contribution in [0.25, 0.3) is 0 Å². The number of ether oxygens (including phenoxy) is 1. The van der Waals surface area contributed by atoms with Crippen molar-refractivity contribution < 1.29 is 14.3 Å². The average Bonchev–Trinajstić information content (AvgIpc) is 2.50. The first-order valence-corrected chi connectivity index (χ1v) is 6.68. The first-order valence-electron chi connectivity index (χ1n) is 6.68. The summed E-state index contributed by atoms with van der Waals surface area (Å²) in [6.45, 7) is 2.54. The third kappa shape index (κ3) is 5.40. The molecule has 1 aromatic rings. The van der Waals surface area contributed by atoms with Gasteiger partial charge in [-0.15, -0.1) is 0 Å². The Morgan fingerprint density at radius 3 is 2.40 bits per heavy atom. The highest BCUT2D eigenvalue weighted by Gasteiger charge is 2.10. The lowest BCUT2D eigenvalue weighted by atomic mass is 10.1. The Bertz CT molecular complexity index is 443. The van der Waals surface area contributed by atoms with E-state index in [2.05, 4.69) is 10.6 Å². The molecule has 0 aromatic heterocycles. The third-order valence-corrected chi connectivity index (χ3v) is 3.09. The van der Waals surface area contributed by atoms with Gasteiger partial charge in [0.05, 0.1) is 7.11 Å². The molecule has 0 aliphatic carbocycles. The molecule has 5 nitrogen and oxygen atoms in total. The molecule has 0 saturated carbocycles. The second-order valence-corrected chi connectivity index (χ2v) is 4.65. The van der Waals surface area contributed by atoms with E-state index in [-0.39, 0.29) is 30.6 Å². The lowest BCUT2D eigenvalue weighted by Crippen LogP contribution is -2.37. The normalized spacial score (nSPS) is 11.8. The zero-order valence-electron chi connectivity index (χ0n) is 12.2. The van der Waals surface area contributed by atoms with E-state index in [0.29, 0.717) is 17.9 Å². The summed E-state index contributed by atoms with van der Waals surface area (Å²) in [7, 11) is 3.41. The first kappa shape index (κ1) is 16.2. The fourth-order valence-corrected chi connectivity index (χ4v) is 1.61. The minimum Gasteiger partial charge on any atom is -0.497 e. The van der Waals surface area contributed by atoms with Crippen LogP contribution >= 0.6 is 0 Å². The molecule has 1 rings (SSSR count). The Morgan fingerprint density at radius 1 is 1.20 bits per heavy atom. The monoisotopic (exact) mass is 278 g/mol. The van der Waals surface area contributed by atoms with E-state index >= 15 is 0 Å². The molecule has 0 spiro atoms. The molecule has 0 radical (unpaired) electrons. The highest BCUT2D eigenvalue weighted by atomic mass is 16.5. The van der Waals surface area contributed by atoms with Crippen molar-refractivity contribution in [2.45, 2.75) is 25.8 Å². The van der Waals surface area contributed by atoms with E-state index in [1.807, 2.05) is 14.0 Å². The number of benzene rings is 1. The maximum Gasteiger partial charge on any atom is 0.220 e. The smallest absolute Gasteiger partial charge is 0.220 e. The number of rotatable bonds is 8. The van der Waals surface area contributed by atoms with E-state index in [1.54, 1.807) is 31.4 Å². The number of Topliss-reactive ketones (excluding diaryl/α,β-unsaturated/α-hetero) is 1. The Hall–Kier alpha value is -1.88. The molecule has 1 amide bonds. The number of hydrogen-bond donors (Lipinski definition) is 2. The third-order valence-electron chi connectivity index (χ3n) is 3.09. The summed E-state index contributed by atoms with van der Waals surface area (Å²) in [5.41, 5.74) is 0.599. The van der Waals surface area contributed by atoms with Crippen molar-refractivity contribution in [2.75, 3.05) is 20.7 Å². The SMILES string of the molecule is CNC(C)CNC(=O)CCC(=O)c1ccc(OC)cc1. The van der Waals surface area contributed by atoms with Crippen LogP contribution in [0.1, 0.15) is 30.1 Å². The first-order chi connectivity index (χ1) is 9.56. The van der Waals surface area contributed by atoms with Crippen molar-refractivity contribution in [3.8, 4) is 5.75 Å². The van der Waals surface area contributed by atoms with Crippen LogP contribution in [0, 0.1) is 0 Å². The Morgan fingerprint density at radius 2 is 1.85 bits per heavy atom. The van der Waals surface area contributed by atoms with Crippen LogP contribution in [-0.2, 0) is 4.79 Å². The van der Waals surface area contributed by atoms with Gasteiger partial charge in [-0.1, -0.05) is 0 Å². The predicted octanol–water partition coefficient (Wildman–Crippen LogP) is 1.38. The lowest BCUT2D eigenvalue weighted by molar-refractivity contribution is -0.121. The standard InChI is InChI=1S/C15H22N2O3/c1-11(16-2)10-17-15(19)9-8-14(18)12-4-6-13(20-3)7-5-12/h4-7,11,16H,8-10H2,1-3H3,(H,17,19). The number of carbonyl (C=O) groups excluding carboxylic acids is 2. The molecule has 1 aromatic carbocycles. The van der Waals surface area contributed by atoms with E-state index in [0.717, 1.165) is 0 Å². The van der Waals surface area contributed by atoms with E-state index < -0.39 is 0 Å². The highest BCUT2D eigenvalue weighted by Crippen LogP contribution is 2.13. The average molecular weight is 278 g/mol. The summed E-state index contributed by atoms with van der Waals surface area (Å²) in [5.74, 6) is 0.568. The number of amides is 1. The van der Waals surface area contributed by atoms with Crippen LogP contribution in [0.3, 0.4) is 0 Å². The lowest BCUT2D eigenvalue weighted by Gasteiger charge is -2.11. The molecule has 0 aliphatic rings. The van der Waals surface area contributed by atoms with Crippen molar-refractivity contribution in [1.29, 1.82) is 0 Å². The summed E-state index contributed by atoms with van der Waals surface area (Å²) >= 11 is 0. The topological polar surface area (TPSA) is 67.4 Å². The number of nitrogens with one attached hydrogen (secondary N) is 2. The van der Waals surface area contributed by atoms with Gasteiger partial charge in [-0.05, 0) is 38.2 Å². The van der Waals surface area contributed by atoms with Gasteiger partial charge in [0.2, 0.25) is 5.91 Å². The highest BCUT2D eigenvalue weighted by molar-refractivity contribution is 5.98. The molecule has 0 bridgehead atoms. The van der Waals surface area contributed by atoms with Gasteiger partial charge in [-0.2, -0.15) is 0 Å². The summed E-state index contributed by atoms with van der Waals surface area (Å²) in [5, 5.41) is 5.81. The number of likely N-dealkylation sites (N-methyl/N-ethyl adjacent to an activating group) is 1. The number of carbonyl (C=O) groups is 2. The van der Waals surface area contributed by atoms with E-state index in [9.17, 15) is 9.59 Å². The minimum atomic E-state index is -0.103. The van der Waals surface area contributed by atoms with Gasteiger partial charge in [-0.25, -0.2) is 0 Å². The quantitative estimate of drug-likeness (QED) is 0.705. The largest absolute Gasteiger partial charge is 0.497 e. The van der Waals surface area contributed by atoms with Crippen LogP contribution in [0.2, 0.25) is 0 Å². The molecule has 2 N–H and O–H groups in total. The molecule has 1 atom stereocenters. The van der Waals surface area contributed by atoms with Gasteiger partial charge in [0.15, 0.2) is 5.78 Å².